The third-order valence-electron chi connectivity index (χ3n) is 2.72. The Kier molecular flexibility index (Phi) is 4.74. The number of benzene rings is 2. The summed E-state index contributed by atoms with van der Waals surface area (Å²) in [6, 6.07) is 18.6. The summed E-state index contributed by atoms with van der Waals surface area (Å²) in [4.78, 5) is 12.1. The molecular weight excluding hydrogens is 250 g/mol. The summed E-state index contributed by atoms with van der Waals surface area (Å²) in [5.41, 5.74) is 2.18. The number of carbonyl (C=O) groups excluding carboxylic acids is 1. The number of carbonyl (C=O) groups is 1. The van der Waals surface area contributed by atoms with Crippen LogP contribution in [0.4, 0.5) is 11.4 Å². The Morgan fingerprint density at radius 1 is 1.05 bits per heavy atom. The fraction of sp³-hybridized carbons (Fsp3) is 0.125. The van der Waals surface area contributed by atoms with Crippen LogP contribution in [-0.4, -0.2) is 12.5 Å². The summed E-state index contributed by atoms with van der Waals surface area (Å²) < 4.78 is 0. The predicted octanol–water partition coefficient (Wildman–Crippen LogP) is 3.26. The average molecular weight is 265 g/mol. The standard InChI is InChI=1S/C16H15N3O/c17-10-5-11-18-15-9-4-6-13(12-15)16(20)19-14-7-2-1-3-8-14/h1-4,6-9,12,18H,5,11H2,(H,19,20). The van der Waals surface area contributed by atoms with Crippen LogP contribution < -0.4 is 10.6 Å². The maximum Gasteiger partial charge on any atom is 0.255 e. The lowest BCUT2D eigenvalue weighted by Crippen LogP contribution is -2.12. The predicted molar refractivity (Wildman–Crippen MR) is 79.6 cm³/mol. The molecule has 20 heavy (non-hydrogen) atoms. The van der Waals surface area contributed by atoms with E-state index in [4.69, 9.17) is 5.26 Å². The summed E-state index contributed by atoms with van der Waals surface area (Å²) in [7, 11) is 0. The SMILES string of the molecule is N#CCCNc1cccc(C(=O)Nc2ccccc2)c1. The zero-order chi connectivity index (χ0) is 14.2. The lowest BCUT2D eigenvalue weighted by molar-refractivity contribution is 0.102. The van der Waals surface area contributed by atoms with E-state index in [1.54, 1.807) is 12.1 Å². The van der Waals surface area contributed by atoms with Crippen LogP contribution in [0.5, 0.6) is 0 Å². The van der Waals surface area contributed by atoms with Crippen LogP contribution in [0.25, 0.3) is 0 Å². The van der Waals surface area contributed by atoms with Crippen molar-refractivity contribution in [3.8, 4) is 6.07 Å². The molecule has 0 unspecified atom stereocenters. The second kappa shape index (κ2) is 6.95. The van der Waals surface area contributed by atoms with Gasteiger partial charge in [-0.3, -0.25) is 4.79 Å². The van der Waals surface area contributed by atoms with E-state index in [-0.39, 0.29) is 5.91 Å². The molecule has 0 saturated carbocycles. The number of hydrogen-bond donors (Lipinski definition) is 2. The lowest BCUT2D eigenvalue weighted by Gasteiger charge is -2.08. The lowest BCUT2D eigenvalue weighted by atomic mass is 10.2. The second-order valence-corrected chi connectivity index (χ2v) is 4.24. The number of amides is 1. The molecule has 0 aliphatic heterocycles. The minimum absolute atomic E-state index is 0.153. The molecule has 0 heterocycles. The van der Waals surface area contributed by atoms with E-state index in [0.29, 0.717) is 18.5 Å². The van der Waals surface area contributed by atoms with E-state index >= 15 is 0 Å². The molecule has 0 radical (unpaired) electrons. The third kappa shape index (κ3) is 3.85. The highest BCUT2D eigenvalue weighted by Crippen LogP contribution is 2.13. The van der Waals surface area contributed by atoms with Crippen molar-refractivity contribution in [2.45, 2.75) is 6.42 Å². The van der Waals surface area contributed by atoms with Gasteiger partial charge in [0.1, 0.15) is 0 Å². The van der Waals surface area contributed by atoms with E-state index in [9.17, 15) is 4.79 Å². The molecule has 0 atom stereocenters. The van der Waals surface area contributed by atoms with Crippen molar-refractivity contribution in [2.24, 2.45) is 0 Å². The molecule has 0 aliphatic carbocycles. The van der Waals surface area contributed by atoms with Crippen molar-refractivity contribution < 1.29 is 4.79 Å². The Balaban J connectivity index is 2.03. The minimum atomic E-state index is -0.153. The highest BCUT2D eigenvalue weighted by atomic mass is 16.1. The molecule has 0 aromatic heterocycles. The van der Waals surface area contributed by atoms with E-state index in [1.165, 1.54) is 0 Å². The van der Waals surface area contributed by atoms with E-state index < -0.39 is 0 Å². The molecule has 4 nitrogen and oxygen atoms in total. The van der Waals surface area contributed by atoms with Crippen LogP contribution in [-0.2, 0) is 0 Å². The first-order valence-corrected chi connectivity index (χ1v) is 6.37. The third-order valence-corrected chi connectivity index (χ3v) is 2.72. The molecule has 2 aromatic rings. The van der Waals surface area contributed by atoms with Crippen LogP contribution in [0, 0.1) is 11.3 Å². The van der Waals surface area contributed by atoms with Crippen molar-refractivity contribution in [1.82, 2.24) is 0 Å². The summed E-state index contributed by atoms with van der Waals surface area (Å²) >= 11 is 0. The molecule has 2 rings (SSSR count). The van der Waals surface area contributed by atoms with Gasteiger partial charge in [0, 0.05) is 23.5 Å². The van der Waals surface area contributed by atoms with Gasteiger partial charge in [0.15, 0.2) is 0 Å². The van der Waals surface area contributed by atoms with Gasteiger partial charge in [-0.2, -0.15) is 5.26 Å². The van der Waals surface area contributed by atoms with Gasteiger partial charge in [0.2, 0.25) is 0 Å². The van der Waals surface area contributed by atoms with Gasteiger partial charge in [-0.1, -0.05) is 24.3 Å². The number of hydrogen-bond acceptors (Lipinski definition) is 3. The molecule has 2 N–H and O–H groups in total. The second-order valence-electron chi connectivity index (χ2n) is 4.24. The molecule has 2 aromatic carbocycles. The fourth-order valence-corrected chi connectivity index (χ4v) is 1.76. The van der Waals surface area contributed by atoms with Crippen molar-refractivity contribution in [2.75, 3.05) is 17.2 Å². The fourth-order valence-electron chi connectivity index (χ4n) is 1.76. The van der Waals surface area contributed by atoms with Crippen LogP contribution in [0.1, 0.15) is 16.8 Å². The zero-order valence-corrected chi connectivity index (χ0v) is 11.0. The maximum absolute atomic E-state index is 12.1. The summed E-state index contributed by atoms with van der Waals surface area (Å²) in [5, 5.41) is 14.4. The van der Waals surface area contributed by atoms with Gasteiger partial charge in [-0.05, 0) is 30.3 Å². The summed E-state index contributed by atoms with van der Waals surface area (Å²) in [5.74, 6) is -0.153. The van der Waals surface area contributed by atoms with Gasteiger partial charge >= 0.3 is 0 Å². The zero-order valence-electron chi connectivity index (χ0n) is 11.0. The quantitative estimate of drug-likeness (QED) is 0.815. The number of para-hydroxylation sites is 1. The highest BCUT2D eigenvalue weighted by Gasteiger charge is 2.06. The van der Waals surface area contributed by atoms with Gasteiger partial charge in [0.25, 0.3) is 5.91 Å². The number of nitrogens with one attached hydrogen (secondary N) is 2. The topological polar surface area (TPSA) is 64.9 Å². The normalized spacial score (nSPS) is 9.55. The Labute approximate surface area is 118 Å². The number of nitriles is 1. The van der Waals surface area contributed by atoms with Gasteiger partial charge in [-0.25, -0.2) is 0 Å². The first-order chi connectivity index (χ1) is 9.79. The van der Waals surface area contributed by atoms with Crippen molar-refractivity contribution in [1.29, 1.82) is 5.26 Å². The van der Waals surface area contributed by atoms with E-state index in [1.807, 2.05) is 42.5 Å². The van der Waals surface area contributed by atoms with E-state index in [0.717, 1.165) is 11.4 Å². The number of nitrogens with zero attached hydrogens (tertiary/aromatic N) is 1. The monoisotopic (exact) mass is 265 g/mol. The molecular formula is C16H15N3O. The van der Waals surface area contributed by atoms with Crippen LogP contribution in [0.15, 0.2) is 54.6 Å². The first kappa shape index (κ1) is 13.6. The smallest absolute Gasteiger partial charge is 0.255 e. The average Bonchev–Trinajstić information content (AvgIpc) is 2.49. The summed E-state index contributed by atoms with van der Waals surface area (Å²) in [6.45, 7) is 0.570. The number of anilines is 2. The summed E-state index contributed by atoms with van der Waals surface area (Å²) in [6.07, 6.45) is 0.431. The molecule has 0 aliphatic rings. The largest absolute Gasteiger partial charge is 0.384 e. The van der Waals surface area contributed by atoms with Crippen molar-refractivity contribution >= 4 is 17.3 Å². The Morgan fingerprint density at radius 3 is 2.55 bits per heavy atom. The maximum atomic E-state index is 12.1. The Hall–Kier alpha value is -2.80. The van der Waals surface area contributed by atoms with E-state index in [2.05, 4.69) is 16.7 Å². The van der Waals surface area contributed by atoms with Crippen LogP contribution in [0.2, 0.25) is 0 Å². The highest BCUT2D eigenvalue weighted by molar-refractivity contribution is 6.04. The molecule has 4 heteroatoms. The van der Waals surface area contributed by atoms with Crippen molar-refractivity contribution in [3.63, 3.8) is 0 Å². The first-order valence-electron chi connectivity index (χ1n) is 6.37. The van der Waals surface area contributed by atoms with Crippen LogP contribution >= 0.6 is 0 Å². The molecule has 1 amide bonds. The van der Waals surface area contributed by atoms with Crippen molar-refractivity contribution in [3.05, 3.63) is 60.2 Å². The Morgan fingerprint density at radius 2 is 1.80 bits per heavy atom. The number of rotatable bonds is 5. The Bertz CT molecular complexity index is 617. The molecule has 0 fully saturated rings. The molecule has 0 bridgehead atoms. The van der Waals surface area contributed by atoms with Gasteiger partial charge in [0.05, 0.1) is 12.5 Å². The van der Waals surface area contributed by atoms with Gasteiger partial charge in [-0.15, -0.1) is 0 Å². The molecule has 100 valence electrons. The molecule has 0 spiro atoms. The minimum Gasteiger partial charge on any atom is -0.384 e. The van der Waals surface area contributed by atoms with Crippen LogP contribution in [0.3, 0.4) is 0 Å². The van der Waals surface area contributed by atoms with Gasteiger partial charge < -0.3 is 10.6 Å². The molecule has 0 saturated heterocycles.